The van der Waals surface area contributed by atoms with Crippen molar-refractivity contribution in [2.24, 2.45) is 5.10 Å². The molecular weight excluding hydrogens is 534 g/mol. The van der Waals surface area contributed by atoms with E-state index in [1.807, 2.05) is 55.5 Å². The van der Waals surface area contributed by atoms with Gasteiger partial charge in [0, 0.05) is 10.6 Å². The van der Waals surface area contributed by atoms with Crippen molar-refractivity contribution in [2.75, 3.05) is 10.8 Å². The van der Waals surface area contributed by atoms with E-state index in [0.29, 0.717) is 34.2 Å². The Hall–Kier alpha value is -4.14. The number of halogens is 1. The molecule has 0 aliphatic rings. The molecular formula is C30H28ClN3O4S. The number of hydrogen-bond donors (Lipinski definition) is 1. The predicted molar refractivity (Wildman–Crippen MR) is 155 cm³/mol. The third-order valence-corrected chi connectivity index (χ3v) is 7.88. The van der Waals surface area contributed by atoms with Crippen LogP contribution in [0.5, 0.6) is 5.75 Å². The van der Waals surface area contributed by atoms with E-state index >= 15 is 0 Å². The first-order chi connectivity index (χ1) is 18.7. The van der Waals surface area contributed by atoms with Gasteiger partial charge in [0.1, 0.15) is 18.9 Å². The van der Waals surface area contributed by atoms with Crippen LogP contribution in [0.15, 0.2) is 107 Å². The van der Waals surface area contributed by atoms with Crippen LogP contribution in [0, 0.1) is 13.8 Å². The zero-order valence-electron chi connectivity index (χ0n) is 21.5. The van der Waals surface area contributed by atoms with Gasteiger partial charge in [0.25, 0.3) is 15.9 Å². The van der Waals surface area contributed by atoms with E-state index in [1.165, 1.54) is 18.3 Å². The number of hydrazone groups is 1. The van der Waals surface area contributed by atoms with Crippen LogP contribution in [-0.2, 0) is 21.4 Å². The highest BCUT2D eigenvalue weighted by molar-refractivity contribution is 7.92. The van der Waals surface area contributed by atoms with Crippen LogP contribution in [0.3, 0.4) is 0 Å². The largest absolute Gasteiger partial charge is 0.488 e. The number of rotatable bonds is 10. The summed E-state index contributed by atoms with van der Waals surface area (Å²) in [5.74, 6) is -0.0151. The van der Waals surface area contributed by atoms with Crippen molar-refractivity contribution < 1.29 is 17.9 Å². The molecule has 7 nitrogen and oxygen atoms in total. The standard InChI is InChI=1S/C30H28ClN3O4S/c1-22-12-15-27(16-13-22)39(36,37)34(28-17-14-26(31)18-23(28)2)20-30(35)33-32-19-25-10-6-7-11-29(25)38-21-24-8-4-3-5-9-24/h3-19H,20-21H2,1-2H3,(H,33,35)/b32-19-. The molecule has 0 aromatic heterocycles. The van der Waals surface area contributed by atoms with Crippen LogP contribution in [0.2, 0.25) is 5.02 Å². The number of ether oxygens (including phenoxy) is 1. The maximum atomic E-state index is 13.6. The fraction of sp³-hybridized carbons (Fsp3) is 0.133. The highest BCUT2D eigenvalue weighted by atomic mass is 35.5. The molecule has 0 aliphatic carbocycles. The summed E-state index contributed by atoms with van der Waals surface area (Å²) >= 11 is 6.10. The molecule has 0 atom stereocenters. The summed E-state index contributed by atoms with van der Waals surface area (Å²) in [7, 11) is -4.06. The number of carbonyl (C=O) groups is 1. The zero-order valence-corrected chi connectivity index (χ0v) is 23.1. The molecule has 0 aliphatic heterocycles. The van der Waals surface area contributed by atoms with Crippen LogP contribution in [0.1, 0.15) is 22.3 Å². The van der Waals surface area contributed by atoms with Crippen LogP contribution >= 0.6 is 11.6 Å². The lowest BCUT2D eigenvalue weighted by Gasteiger charge is -2.25. The minimum Gasteiger partial charge on any atom is -0.488 e. The average molecular weight is 562 g/mol. The Kier molecular flexibility index (Phi) is 9.01. The Balaban J connectivity index is 1.51. The molecule has 0 heterocycles. The number of para-hydroxylation sites is 1. The van der Waals surface area contributed by atoms with Crippen molar-refractivity contribution in [1.82, 2.24) is 5.43 Å². The molecule has 9 heteroatoms. The zero-order chi connectivity index (χ0) is 27.8. The number of benzene rings is 4. The van der Waals surface area contributed by atoms with Crippen molar-refractivity contribution >= 4 is 39.4 Å². The second kappa shape index (κ2) is 12.6. The van der Waals surface area contributed by atoms with Gasteiger partial charge in [-0.05, 0) is 67.4 Å². The number of carbonyl (C=O) groups excluding carboxylic acids is 1. The molecule has 0 saturated carbocycles. The monoisotopic (exact) mass is 561 g/mol. The number of nitrogens with one attached hydrogen (secondary N) is 1. The summed E-state index contributed by atoms with van der Waals surface area (Å²) in [6.07, 6.45) is 1.46. The van der Waals surface area contributed by atoms with Gasteiger partial charge in [-0.2, -0.15) is 5.10 Å². The molecule has 0 fully saturated rings. The Morgan fingerprint density at radius 1 is 0.949 bits per heavy atom. The van der Waals surface area contributed by atoms with Gasteiger partial charge >= 0.3 is 0 Å². The number of anilines is 1. The second-order valence-corrected chi connectivity index (χ2v) is 11.2. The van der Waals surface area contributed by atoms with E-state index in [4.69, 9.17) is 16.3 Å². The van der Waals surface area contributed by atoms with Crippen molar-refractivity contribution in [3.63, 3.8) is 0 Å². The molecule has 4 rings (SSSR count). The first-order valence-electron chi connectivity index (χ1n) is 12.2. The molecule has 1 amide bonds. The lowest BCUT2D eigenvalue weighted by molar-refractivity contribution is -0.119. The van der Waals surface area contributed by atoms with Crippen LogP contribution in [0.25, 0.3) is 0 Å². The maximum absolute atomic E-state index is 13.6. The number of aryl methyl sites for hydroxylation is 2. The van der Waals surface area contributed by atoms with Gasteiger partial charge < -0.3 is 4.74 Å². The van der Waals surface area contributed by atoms with Crippen molar-refractivity contribution in [1.29, 1.82) is 0 Å². The molecule has 0 spiro atoms. The number of amides is 1. The second-order valence-electron chi connectivity index (χ2n) is 8.86. The topological polar surface area (TPSA) is 88.1 Å². The summed E-state index contributed by atoms with van der Waals surface area (Å²) in [6.45, 7) is 3.50. The summed E-state index contributed by atoms with van der Waals surface area (Å²) in [4.78, 5) is 13.0. The first kappa shape index (κ1) is 27.9. The fourth-order valence-electron chi connectivity index (χ4n) is 3.83. The molecule has 1 N–H and O–H groups in total. The van der Waals surface area contributed by atoms with Crippen molar-refractivity contribution in [2.45, 2.75) is 25.3 Å². The lowest BCUT2D eigenvalue weighted by atomic mass is 10.2. The third-order valence-electron chi connectivity index (χ3n) is 5.87. The van der Waals surface area contributed by atoms with E-state index in [1.54, 1.807) is 43.3 Å². The SMILES string of the molecule is Cc1ccc(S(=O)(=O)N(CC(=O)N/N=C\c2ccccc2OCc2ccccc2)c2ccc(Cl)cc2C)cc1. The highest BCUT2D eigenvalue weighted by Gasteiger charge is 2.28. The highest BCUT2D eigenvalue weighted by Crippen LogP contribution is 2.29. The molecule has 0 unspecified atom stereocenters. The maximum Gasteiger partial charge on any atom is 0.264 e. The molecule has 4 aromatic carbocycles. The van der Waals surface area contributed by atoms with Gasteiger partial charge in [0.15, 0.2) is 0 Å². The molecule has 0 saturated heterocycles. The smallest absolute Gasteiger partial charge is 0.264 e. The number of sulfonamides is 1. The fourth-order valence-corrected chi connectivity index (χ4v) is 5.54. The predicted octanol–water partition coefficient (Wildman–Crippen LogP) is 5.88. The Labute approximate surface area is 233 Å². The van der Waals surface area contributed by atoms with Gasteiger partial charge in [-0.1, -0.05) is 71.8 Å². The molecule has 4 aromatic rings. The molecule has 0 radical (unpaired) electrons. The third kappa shape index (κ3) is 7.25. The van der Waals surface area contributed by atoms with Gasteiger partial charge in [-0.15, -0.1) is 0 Å². The Morgan fingerprint density at radius 3 is 2.36 bits per heavy atom. The lowest BCUT2D eigenvalue weighted by Crippen LogP contribution is -2.40. The van der Waals surface area contributed by atoms with Gasteiger partial charge in [0.05, 0.1) is 16.8 Å². The van der Waals surface area contributed by atoms with E-state index in [-0.39, 0.29) is 4.90 Å². The quantitative estimate of drug-likeness (QED) is 0.193. The Bertz CT molecular complexity index is 1570. The van der Waals surface area contributed by atoms with Gasteiger partial charge in [-0.3, -0.25) is 9.10 Å². The van der Waals surface area contributed by atoms with Crippen molar-refractivity contribution in [3.05, 3.63) is 124 Å². The van der Waals surface area contributed by atoms with E-state index in [9.17, 15) is 13.2 Å². The first-order valence-corrected chi connectivity index (χ1v) is 14.0. The number of hydrogen-bond acceptors (Lipinski definition) is 5. The number of nitrogens with zero attached hydrogens (tertiary/aromatic N) is 2. The molecule has 39 heavy (non-hydrogen) atoms. The van der Waals surface area contributed by atoms with E-state index in [2.05, 4.69) is 10.5 Å². The Morgan fingerprint density at radius 2 is 1.64 bits per heavy atom. The average Bonchev–Trinajstić information content (AvgIpc) is 2.92. The van der Waals surface area contributed by atoms with E-state index in [0.717, 1.165) is 15.4 Å². The van der Waals surface area contributed by atoms with Crippen LogP contribution in [0.4, 0.5) is 5.69 Å². The van der Waals surface area contributed by atoms with Crippen LogP contribution in [-0.4, -0.2) is 27.1 Å². The van der Waals surface area contributed by atoms with E-state index < -0.39 is 22.5 Å². The van der Waals surface area contributed by atoms with Crippen molar-refractivity contribution in [3.8, 4) is 5.75 Å². The van der Waals surface area contributed by atoms with Crippen LogP contribution < -0.4 is 14.5 Å². The summed E-state index contributed by atoms with van der Waals surface area (Å²) < 4.78 is 34.2. The minimum atomic E-state index is -4.06. The molecule has 0 bridgehead atoms. The normalized spacial score (nSPS) is 11.4. The molecule has 200 valence electrons. The van der Waals surface area contributed by atoms with Gasteiger partial charge in [0.2, 0.25) is 0 Å². The van der Waals surface area contributed by atoms with Gasteiger partial charge in [-0.25, -0.2) is 13.8 Å². The summed E-state index contributed by atoms with van der Waals surface area (Å²) in [5.41, 5.74) is 5.99. The minimum absolute atomic E-state index is 0.0724. The summed E-state index contributed by atoms with van der Waals surface area (Å²) in [5, 5.41) is 4.52. The summed E-state index contributed by atoms with van der Waals surface area (Å²) in [6, 6.07) is 28.3.